The number of hydrogen-bond acceptors (Lipinski definition) is 4. The fourth-order valence-corrected chi connectivity index (χ4v) is 3.04. The molecule has 0 aromatic carbocycles. The second-order valence-electron chi connectivity index (χ2n) is 4.79. The van der Waals surface area contributed by atoms with Crippen molar-refractivity contribution in [3.8, 4) is 0 Å². The lowest BCUT2D eigenvalue weighted by molar-refractivity contribution is 0.522. The maximum absolute atomic E-state index is 12.1. The Morgan fingerprint density at radius 2 is 2.05 bits per heavy atom. The lowest BCUT2D eigenvalue weighted by Crippen LogP contribution is -2.32. The number of unbranched alkanes of at least 4 members (excludes halogenated alkanes) is 3. The van der Waals surface area contributed by atoms with Gasteiger partial charge in [0.1, 0.15) is 10.7 Å². The molecule has 0 aliphatic heterocycles. The Bertz CT molecular complexity index is 471. The zero-order valence-corrected chi connectivity index (χ0v) is 12.4. The summed E-state index contributed by atoms with van der Waals surface area (Å²) in [6.07, 6.45) is 6.69. The maximum atomic E-state index is 12.1. The van der Waals surface area contributed by atoms with Crippen molar-refractivity contribution in [3.05, 3.63) is 18.3 Å². The average Bonchev–Trinajstić information content (AvgIpc) is 2.34. The van der Waals surface area contributed by atoms with Gasteiger partial charge in [0.2, 0.25) is 10.0 Å². The SMILES string of the molecule is CCCCCCC(C)NS(=O)(=O)c1ccc(N)nc1. The number of anilines is 1. The summed E-state index contributed by atoms with van der Waals surface area (Å²) in [6, 6.07) is 2.88. The first-order valence-corrected chi connectivity index (χ1v) is 8.18. The first kappa shape index (κ1) is 15.9. The quantitative estimate of drug-likeness (QED) is 0.718. The van der Waals surface area contributed by atoms with E-state index in [0.29, 0.717) is 5.82 Å². The molecule has 19 heavy (non-hydrogen) atoms. The van der Waals surface area contributed by atoms with E-state index < -0.39 is 10.0 Å². The predicted octanol–water partition coefficient (Wildman–Crippen LogP) is 2.30. The highest BCUT2D eigenvalue weighted by Gasteiger charge is 2.17. The molecule has 5 nitrogen and oxygen atoms in total. The predicted molar refractivity (Wildman–Crippen MR) is 77.2 cm³/mol. The van der Waals surface area contributed by atoms with Crippen molar-refractivity contribution < 1.29 is 8.42 Å². The highest BCUT2D eigenvalue weighted by atomic mass is 32.2. The van der Waals surface area contributed by atoms with Crippen LogP contribution in [0.1, 0.15) is 46.0 Å². The van der Waals surface area contributed by atoms with Crippen LogP contribution in [-0.2, 0) is 10.0 Å². The summed E-state index contributed by atoms with van der Waals surface area (Å²) >= 11 is 0. The number of rotatable bonds is 8. The molecule has 108 valence electrons. The number of sulfonamides is 1. The molecule has 0 spiro atoms. The van der Waals surface area contributed by atoms with Crippen molar-refractivity contribution in [2.45, 2.75) is 56.9 Å². The number of hydrogen-bond donors (Lipinski definition) is 2. The van der Waals surface area contributed by atoms with Gasteiger partial charge in [0, 0.05) is 12.2 Å². The summed E-state index contributed by atoms with van der Waals surface area (Å²) < 4.78 is 26.8. The molecule has 0 saturated carbocycles. The smallest absolute Gasteiger partial charge is 0.242 e. The van der Waals surface area contributed by atoms with Crippen molar-refractivity contribution in [1.29, 1.82) is 0 Å². The Morgan fingerprint density at radius 1 is 1.32 bits per heavy atom. The Morgan fingerprint density at radius 3 is 2.63 bits per heavy atom. The standard InChI is InChI=1S/C13H23N3O2S/c1-3-4-5-6-7-11(2)16-19(17,18)12-8-9-13(14)15-10-12/h8-11,16H,3-7H2,1-2H3,(H2,14,15). The minimum atomic E-state index is -3.49. The molecule has 1 heterocycles. The zero-order valence-electron chi connectivity index (χ0n) is 11.6. The van der Waals surface area contributed by atoms with Crippen LogP contribution in [0.25, 0.3) is 0 Å². The van der Waals surface area contributed by atoms with Crippen LogP contribution in [0.15, 0.2) is 23.2 Å². The number of nitrogens with one attached hydrogen (secondary N) is 1. The maximum Gasteiger partial charge on any atom is 0.242 e. The topological polar surface area (TPSA) is 85.1 Å². The van der Waals surface area contributed by atoms with Crippen LogP contribution >= 0.6 is 0 Å². The van der Waals surface area contributed by atoms with Crippen LogP contribution in [-0.4, -0.2) is 19.4 Å². The van der Waals surface area contributed by atoms with E-state index in [1.807, 2.05) is 6.92 Å². The first-order chi connectivity index (χ1) is 8.95. The van der Waals surface area contributed by atoms with Crippen molar-refractivity contribution in [2.24, 2.45) is 0 Å². The Hall–Kier alpha value is -1.14. The van der Waals surface area contributed by atoms with Crippen LogP contribution in [0, 0.1) is 0 Å². The summed E-state index contributed by atoms with van der Waals surface area (Å²) in [5, 5.41) is 0. The van der Waals surface area contributed by atoms with Gasteiger partial charge in [-0.05, 0) is 25.5 Å². The summed E-state index contributed by atoms with van der Waals surface area (Å²) in [5.74, 6) is 0.312. The largest absolute Gasteiger partial charge is 0.384 e. The molecule has 0 fully saturated rings. The van der Waals surface area contributed by atoms with Gasteiger partial charge >= 0.3 is 0 Å². The van der Waals surface area contributed by atoms with Crippen molar-refractivity contribution >= 4 is 15.8 Å². The van der Waals surface area contributed by atoms with E-state index in [9.17, 15) is 8.42 Å². The molecule has 1 unspecified atom stereocenters. The molecule has 1 rings (SSSR count). The lowest BCUT2D eigenvalue weighted by atomic mass is 10.1. The molecule has 3 N–H and O–H groups in total. The Kier molecular flexibility index (Phi) is 6.24. The molecule has 0 aliphatic rings. The van der Waals surface area contributed by atoms with Gasteiger partial charge in [0.15, 0.2) is 0 Å². The number of nitrogens with zero attached hydrogens (tertiary/aromatic N) is 1. The van der Waals surface area contributed by atoms with E-state index >= 15 is 0 Å². The molecule has 0 amide bonds. The third-order valence-corrected chi connectivity index (χ3v) is 4.49. The van der Waals surface area contributed by atoms with Crippen molar-refractivity contribution in [2.75, 3.05) is 5.73 Å². The second kappa shape index (κ2) is 7.45. The molecule has 0 radical (unpaired) electrons. The van der Waals surface area contributed by atoms with E-state index in [4.69, 9.17) is 5.73 Å². The molecule has 0 bridgehead atoms. The Labute approximate surface area is 115 Å². The van der Waals surface area contributed by atoms with E-state index in [1.54, 1.807) is 0 Å². The van der Waals surface area contributed by atoms with E-state index in [0.717, 1.165) is 19.3 Å². The molecule has 1 aromatic rings. The first-order valence-electron chi connectivity index (χ1n) is 6.69. The van der Waals surface area contributed by atoms with Gasteiger partial charge in [-0.15, -0.1) is 0 Å². The molecular weight excluding hydrogens is 262 g/mol. The third kappa shape index (κ3) is 5.57. The van der Waals surface area contributed by atoms with Crippen molar-refractivity contribution in [3.63, 3.8) is 0 Å². The molecule has 6 heteroatoms. The molecule has 1 aromatic heterocycles. The monoisotopic (exact) mass is 285 g/mol. The van der Waals surface area contributed by atoms with Crippen LogP contribution < -0.4 is 10.5 Å². The number of pyridine rings is 1. The van der Waals surface area contributed by atoms with Gasteiger partial charge in [-0.1, -0.05) is 32.6 Å². The van der Waals surface area contributed by atoms with E-state index in [2.05, 4.69) is 16.6 Å². The van der Waals surface area contributed by atoms with Crippen molar-refractivity contribution in [1.82, 2.24) is 9.71 Å². The minimum absolute atomic E-state index is 0.0700. The van der Waals surface area contributed by atoms with Gasteiger partial charge in [-0.2, -0.15) is 0 Å². The average molecular weight is 285 g/mol. The number of nitrogen functional groups attached to an aromatic ring is 1. The lowest BCUT2D eigenvalue weighted by Gasteiger charge is -2.14. The zero-order chi connectivity index (χ0) is 14.3. The highest BCUT2D eigenvalue weighted by Crippen LogP contribution is 2.11. The number of aromatic nitrogens is 1. The van der Waals surface area contributed by atoms with Gasteiger partial charge in [-0.3, -0.25) is 0 Å². The van der Waals surface area contributed by atoms with Crippen LogP contribution in [0.4, 0.5) is 5.82 Å². The molecule has 1 atom stereocenters. The Balaban J connectivity index is 2.52. The normalized spacial score (nSPS) is 13.4. The molecular formula is C13H23N3O2S. The summed E-state index contributed by atoms with van der Waals surface area (Å²) in [6.45, 7) is 4.04. The summed E-state index contributed by atoms with van der Waals surface area (Å²) in [4.78, 5) is 3.95. The van der Waals surface area contributed by atoms with Gasteiger partial charge < -0.3 is 5.73 Å². The molecule has 0 aliphatic carbocycles. The highest BCUT2D eigenvalue weighted by molar-refractivity contribution is 7.89. The van der Waals surface area contributed by atoms with E-state index in [1.165, 1.54) is 31.2 Å². The van der Waals surface area contributed by atoms with Gasteiger partial charge in [-0.25, -0.2) is 18.1 Å². The van der Waals surface area contributed by atoms with Gasteiger partial charge in [0.25, 0.3) is 0 Å². The van der Waals surface area contributed by atoms with E-state index in [-0.39, 0.29) is 10.9 Å². The summed E-state index contributed by atoms with van der Waals surface area (Å²) in [5.41, 5.74) is 5.44. The van der Waals surface area contributed by atoms with Gasteiger partial charge in [0.05, 0.1) is 0 Å². The third-order valence-electron chi connectivity index (χ3n) is 2.92. The van der Waals surface area contributed by atoms with Crippen LogP contribution in [0.5, 0.6) is 0 Å². The van der Waals surface area contributed by atoms with Crippen LogP contribution in [0.2, 0.25) is 0 Å². The molecule has 0 saturated heterocycles. The fourth-order valence-electron chi connectivity index (χ4n) is 1.82. The fraction of sp³-hybridized carbons (Fsp3) is 0.615. The summed E-state index contributed by atoms with van der Waals surface area (Å²) in [7, 11) is -3.49. The second-order valence-corrected chi connectivity index (χ2v) is 6.50. The minimum Gasteiger partial charge on any atom is -0.384 e. The number of nitrogens with two attached hydrogens (primary N) is 1. The van der Waals surface area contributed by atoms with Crippen LogP contribution in [0.3, 0.4) is 0 Å².